The smallest absolute Gasteiger partial charge is 0.127 e. The van der Waals surface area contributed by atoms with Gasteiger partial charge in [-0.25, -0.2) is 0 Å². The van der Waals surface area contributed by atoms with Gasteiger partial charge in [0, 0.05) is 34.1 Å². The first-order valence-electron chi connectivity index (χ1n) is 23.7. The molecule has 0 aliphatic rings. The van der Waals surface area contributed by atoms with E-state index in [1.165, 1.54) is 64.6 Å². The van der Waals surface area contributed by atoms with Crippen molar-refractivity contribution >= 4 is 98.8 Å². The Morgan fingerprint density at radius 1 is 0.171 bits per heavy atom. The quantitative estimate of drug-likeness (QED) is 0.101. The van der Waals surface area contributed by atoms with Gasteiger partial charge in [-0.05, 0) is 198 Å². The average molecular weight is 897 g/mol. The van der Waals surface area contributed by atoms with Crippen LogP contribution >= 0.6 is 0 Å². The lowest BCUT2D eigenvalue weighted by Gasteiger charge is -2.26. The Balaban J connectivity index is 0.959. The fourth-order valence-electron chi connectivity index (χ4n) is 10.3. The van der Waals surface area contributed by atoms with Crippen molar-refractivity contribution in [2.75, 3.05) is 9.80 Å². The van der Waals surface area contributed by atoms with Gasteiger partial charge in [0.15, 0.2) is 0 Å². The summed E-state index contributed by atoms with van der Waals surface area (Å²) in [4.78, 5) is 4.65. The number of rotatable bonds is 10. The van der Waals surface area contributed by atoms with E-state index >= 15 is 0 Å². The Hall–Kier alpha value is -9.38. The third kappa shape index (κ3) is 7.36. The van der Waals surface area contributed by atoms with Crippen LogP contribution in [-0.2, 0) is 0 Å². The molecule has 330 valence electrons. The standard InChI is InChI=1S/C66H44N2O2/c1-5-17-45(18-6-1)67(47-29-35-53(36-30-47)69-51-21-9-3-10-22-51)49-33-39-59-61(41-49)55-25-13-15-27-57(55)63-44-66-60-40-34-50(42-62(60)56-26-14-16-28-58(56)64(66)43-65(59)63)68(46-19-7-2-8-20-46)48-31-37-54(38-32-48)70-52-23-11-4-12-24-52/h1-44H. The Morgan fingerprint density at radius 3 is 0.757 bits per heavy atom. The second-order valence-electron chi connectivity index (χ2n) is 17.7. The van der Waals surface area contributed by atoms with E-state index in [4.69, 9.17) is 9.47 Å². The predicted octanol–water partition coefficient (Wildman–Crippen LogP) is 19.1. The highest BCUT2D eigenvalue weighted by atomic mass is 16.5. The maximum atomic E-state index is 6.19. The fraction of sp³-hybridized carbons (Fsp3) is 0. The highest BCUT2D eigenvalue weighted by Gasteiger charge is 2.20. The number of hydrogen-bond acceptors (Lipinski definition) is 4. The summed E-state index contributed by atoms with van der Waals surface area (Å²) in [5.74, 6) is 3.20. The van der Waals surface area contributed by atoms with Crippen molar-refractivity contribution in [1.82, 2.24) is 0 Å². The zero-order valence-electron chi connectivity index (χ0n) is 38.1. The molecule has 0 bridgehead atoms. The van der Waals surface area contributed by atoms with E-state index in [9.17, 15) is 0 Å². The molecule has 0 aliphatic carbocycles. The Kier molecular flexibility index (Phi) is 10.1. The molecule has 0 amide bonds. The lowest BCUT2D eigenvalue weighted by Crippen LogP contribution is -2.09. The largest absolute Gasteiger partial charge is 0.457 e. The van der Waals surface area contributed by atoms with Gasteiger partial charge in [-0.2, -0.15) is 0 Å². The Labute approximate surface area is 406 Å². The lowest BCUT2D eigenvalue weighted by molar-refractivity contribution is 0.482. The molecule has 0 unspecified atom stereocenters. The van der Waals surface area contributed by atoms with E-state index in [0.29, 0.717) is 0 Å². The van der Waals surface area contributed by atoms with Gasteiger partial charge < -0.3 is 19.3 Å². The van der Waals surface area contributed by atoms with Gasteiger partial charge in [0.2, 0.25) is 0 Å². The average Bonchev–Trinajstić information content (AvgIpc) is 3.43. The number of ether oxygens (including phenoxy) is 2. The van der Waals surface area contributed by atoms with Crippen LogP contribution in [0.2, 0.25) is 0 Å². The lowest BCUT2D eigenvalue weighted by atomic mass is 9.88. The van der Waals surface area contributed by atoms with E-state index in [-0.39, 0.29) is 0 Å². The molecule has 0 saturated heterocycles. The van der Waals surface area contributed by atoms with Crippen molar-refractivity contribution < 1.29 is 9.47 Å². The summed E-state index contributed by atoms with van der Waals surface area (Å²) in [7, 11) is 0. The molecule has 0 N–H and O–H groups in total. The van der Waals surface area contributed by atoms with E-state index in [1.54, 1.807) is 0 Å². The molecular formula is C66H44N2O2. The molecule has 4 nitrogen and oxygen atoms in total. The van der Waals surface area contributed by atoms with Gasteiger partial charge >= 0.3 is 0 Å². The van der Waals surface area contributed by atoms with Gasteiger partial charge in [0.1, 0.15) is 23.0 Å². The summed E-state index contributed by atoms with van der Waals surface area (Å²) in [5.41, 5.74) is 6.40. The maximum absolute atomic E-state index is 6.19. The number of benzene rings is 13. The highest BCUT2D eigenvalue weighted by Crippen LogP contribution is 2.46. The summed E-state index contributed by atoms with van der Waals surface area (Å²) < 4.78 is 12.4. The third-order valence-corrected chi connectivity index (χ3v) is 13.5. The second kappa shape index (κ2) is 17.4. The van der Waals surface area contributed by atoms with Crippen LogP contribution < -0.4 is 19.3 Å². The predicted molar refractivity (Wildman–Crippen MR) is 294 cm³/mol. The van der Waals surface area contributed by atoms with Crippen LogP contribution in [0.1, 0.15) is 0 Å². The van der Waals surface area contributed by atoms with Crippen LogP contribution in [0.4, 0.5) is 34.1 Å². The first-order chi connectivity index (χ1) is 34.7. The monoisotopic (exact) mass is 896 g/mol. The number of fused-ring (bicyclic) bond motifs is 12. The zero-order valence-corrected chi connectivity index (χ0v) is 38.1. The minimum Gasteiger partial charge on any atom is -0.457 e. The van der Waals surface area contributed by atoms with Crippen molar-refractivity contribution in [3.05, 3.63) is 267 Å². The Bertz CT molecular complexity index is 3760. The van der Waals surface area contributed by atoms with Crippen LogP contribution in [0.25, 0.3) is 64.6 Å². The number of para-hydroxylation sites is 4. The molecular weight excluding hydrogens is 853 g/mol. The van der Waals surface area contributed by atoms with Gasteiger partial charge in [0.05, 0.1) is 0 Å². The van der Waals surface area contributed by atoms with Crippen molar-refractivity contribution in [2.45, 2.75) is 0 Å². The molecule has 0 saturated carbocycles. The first kappa shape index (κ1) is 40.9. The van der Waals surface area contributed by atoms with Crippen molar-refractivity contribution in [1.29, 1.82) is 0 Å². The van der Waals surface area contributed by atoms with Crippen LogP contribution in [0.3, 0.4) is 0 Å². The number of nitrogens with zero attached hydrogens (tertiary/aromatic N) is 2. The van der Waals surface area contributed by atoms with Gasteiger partial charge in [-0.15, -0.1) is 0 Å². The molecule has 13 rings (SSSR count). The normalized spacial score (nSPS) is 11.4. The van der Waals surface area contributed by atoms with Crippen LogP contribution in [-0.4, -0.2) is 0 Å². The Morgan fingerprint density at radius 2 is 0.414 bits per heavy atom. The summed E-state index contributed by atoms with van der Waals surface area (Å²) in [6.07, 6.45) is 0. The topological polar surface area (TPSA) is 24.9 Å². The SMILES string of the molecule is c1ccc(Oc2ccc(N(c3ccccc3)c3ccc4c(c3)c3ccccc3c3cc5c6ccc(N(c7ccccc7)c7ccc(Oc8ccccc8)cc7)cc6c6ccccc6c5cc43)cc2)cc1. The molecule has 4 heteroatoms. The first-order valence-corrected chi connectivity index (χ1v) is 23.7. The number of anilines is 6. The zero-order chi connectivity index (χ0) is 46.4. The number of hydrogen-bond donors (Lipinski definition) is 0. The fourth-order valence-corrected chi connectivity index (χ4v) is 10.3. The van der Waals surface area contributed by atoms with Gasteiger partial charge in [-0.3, -0.25) is 0 Å². The van der Waals surface area contributed by atoms with Crippen molar-refractivity contribution in [3.63, 3.8) is 0 Å². The molecule has 0 spiro atoms. The molecule has 0 atom stereocenters. The van der Waals surface area contributed by atoms with E-state index in [2.05, 4.69) is 192 Å². The molecule has 13 aromatic carbocycles. The van der Waals surface area contributed by atoms with E-state index < -0.39 is 0 Å². The summed E-state index contributed by atoms with van der Waals surface area (Å²) in [6.45, 7) is 0. The van der Waals surface area contributed by atoms with Gasteiger partial charge in [0.25, 0.3) is 0 Å². The van der Waals surface area contributed by atoms with Crippen molar-refractivity contribution in [3.8, 4) is 23.0 Å². The molecule has 0 fully saturated rings. The van der Waals surface area contributed by atoms with Gasteiger partial charge in [-0.1, -0.05) is 133 Å². The van der Waals surface area contributed by atoms with Crippen LogP contribution in [0.15, 0.2) is 267 Å². The summed E-state index contributed by atoms with van der Waals surface area (Å²) >= 11 is 0. The minimum absolute atomic E-state index is 0.789. The highest BCUT2D eigenvalue weighted by molar-refractivity contribution is 6.33. The van der Waals surface area contributed by atoms with E-state index in [1.807, 2.05) is 84.9 Å². The molecule has 0 radical (unpaired) electrons. The van der Waals surface area contributed by atoms with Crippen molar-refractivity contribution in [2.24, 2.45) is 0 Å². The molecule has 0 aliphatic heterocycles. The molecule has 0 heterocycles. The van der Waals surface area contributed by atoms with Crippen LogP contribution in [0, 0.1) is 0 Å². The molecule has 70 heavy (non-hydrogen) atoms. The third-order valence-electron chi connectivity index (χ3n) is 13.5. The molecule has 0 aromatic heterocycles. The summed E-state index contributed by atoms with van der Waals surface area (Å²) in [6, 6.07) is 94.3. The molecule has 13 aromatic rings. The van der Waals surface area contributed by atoms with E-state index in [0.717, 1.165) is 57.1 Å². The maximum Gasteiger partial charge on any atom is 0.127 e. The minimum atomic E-state index is 0.789. The van der Waals surface area contributed by atoms with Crippen LogP contribution in [0.5, 0.6) is 23.0 Å². The second-order valence-corrected chi connectivity index (χ2v) is 17.7. The summed E-state index contributed by atoms with van der Waals surface area (Å²) in [5, 5.41) is 14.7.